The molecule has 0 unspecified atom stereocenters. The maximum absolute atomic E-state index is 3.45. The van der Waals surface area contributed by atoms with Gasteiger partial charge < -0.3 is 0 Å². The van der Waals surface area contributed by atoms with Crippen LogP contribution in [0.5, 0.6) is 0 Å². The second kappa shape index (κ2) is 4.01. The first-order valence-corrected chi connectivity index (χ1v) is 2.07. The van der Waals surface area contributed by atoms with Crippen molar-refractivity contribution in [3.63, 3.8) is 0 Å². The van der Waals surface area contributed by atoms with Gasteiger partial charge in [0, 0.05) is 0 Å². The molecule has 0 aliphatic rings. The maximum atomic E-state index is 3.45. The van der Waals surface area contributed by atoms with Crippen molar-refractivity contribution in [2.45, 2.75) is 0 Å². The molecule has 0 rings (SSSR count). The van der Waals surface area contributed by atoms with E-state index in [1.54, 1.807) is 6.08 Å². The van der Waals surface area contributed by atoms with E-state index in [1.165, 1.54) is 0 Å². The van der Waals surface area contributed by atoms with Gasteiger partial charge in [-0.05, 0) is 0 Å². The molecule has 0 aromatic heterocycles. The monoisotopic (exact) mass is 80.0 g/mol. The van der Waals surface area contributed by atoms with Crippen LogP contribution in [0.15, 0.2) is 23.7 Å². The summed E-state index contributed by atoms with van der Waals surface area (Å²) in [5, 5.41) is 0. The van der Waals surface area contributed by atoms with Crippen LogP contribution >= 0.6 is 0 Å². The Balaban J connectivity index is 2.92. The predicted octanol–water partition coefficient (Wildman–Crippen LogP) is 0.855. The van der Waals surface area contributed by atoms with Crippen molar-refractivity contribution in [1.29, 1.82) is 0 Å². The zero-order valence-corrected chi connectivity index (χ0v) is 4.17. The van der Waals surface area contributed by atoms with Gasteiger partial charge in [-0.2, -0.15) is 0 Å². The molecular weight excluding hydrogens is 75.0 g/mol. The Bertz CT molecular complexity index is 45.6. The molecule has 0 aliphatic carbocycles. The van der Waals surface area contributed by atoms with Crippen molar-refractivity contribution in [2.24, 2.45) is 0 Å². The number of hydrogen-bond acceptors (Lipinski definition) is 0. The summed E-state index contributed by atoms with van der Waals surface area (Å²) < 4.78 is 0. The van der Waals surface area contributed by atoms with Gasteiger partial charge in [-0.3, -0.25) is 0 Å². The topological polar surface area (TPSA) is 0 Å². The van der Waals surface area contributed by atoms with E-state index in [0.29, 0.717) is 0 Å². The molecule has 0 radical (unpaired) electrons. The van der Waals surface area contributed by atoms with Crippen LogP contribution in [0, 0.1) is 0 Å². The van der Waals surface area contributed by atoms with E-state index in [9.17, 15) is 0 Å². The second-order valence-electron chi connectivity index (χ2n) is 0.621. The number of allylic oxidation sites excluding steroid dienone is 2. The Hall–Kier alpha value is 0.0125. The predicted molar refractivity (Wildman–Crippen MR) is 25.1 cm³/mol. The molecule has 22 valence electrons. The van der Waals surface area contributed by atoms with E-state index in [-0.39, 0.29) is 0 Å². The van der Waals surface area contributed by atoms with Gasteiger partial charge in [0.2, 0.25) is 0 Å². The summed E-state index contributed by atoms with van der Waals surface area (Å²) in [6, 6.07) is 0. The van der Waals surface area contributed by atoms with Gasteiger partial charge in [-0.1, -0.05) is 0 Å². The van der Waals surface area contributed by atoms with Gasteiger partial charge in [0.25, 0.3) is 0 Å². The first-order chi connectivity index (χ1) is 2.41. The van der Waals surface area contributed by atoms with Crippen LogP contribution in [0.4, 0.5) is 0 Å². The van der Waals surface area contributed by atoms with E-state index in [0.717, 1.165) is 0 Å². The molecule has 1 heteroatoms. The van der Waals surface area contributed by atoms with Gasteiger partial charge in [-0.25, -0.2) is 0 Å². The fourth-order valence-electron chi connectivity index (χ4n) is 0.0786. The molecule has 0 amide bonds. The molecule has 0 nitrogen and oxygen atoms in total. The molecule has 0 saturated carbocycles. The van der Waals surface area contributed by atoms with Gasteiger partial charge >= 0.3 is 40.0 Å². The summed E-state index contributed by atoms with van der Waals surface area (Å²) in [5.74, 6) is 0. The van der Waals surface area contributed by atoms with E-state index in [4.69, 9.17) is 0 Å². The first kappa shape index (κ1) is 5.01. The fraction of sp³-hybridized carbons (Fsp3) is 0. The second-order valence-corrected chi connectivity index (χ2v) is 1.01. The van der Waals surface area contributed by atoms with Crippen LogP contribution in [-0.4, -0.2) is 16.3 Å². The van der Waals surface area contributed by atoms with Crippen LogP contribution in [-0.2, 0) is 0 Å². The van der Waals surface area contributed by atoms with E-state index in [2.05, 4.69) is 22.9 Å². The Morgan fingerprint density at radius 1 is 1.60 bits per heavy atom. The van der Waals surface area contributed by atoms with Crippen LogP contribution in [0.2, 0.25) is 0 Å². The van der Waals surface area contributed by atoms with Crippen molar-refractivity contribution in [2.75, 3.05) is 0 Å². The molecule has 0 aliphatic heterocycles. The zero-order valence-electron chi connectivity index (χ0n) is 3.02. The number of hydrogen-bond donors (Lipinski definition) is 0. The van der Waals surface area contributed by atoms with Gasteiger partial charge in [0.15, 0.2) is 0 Å². The van der Waals surface area contributed by atoms with Crippen LogP contribution < -0.4 is 0 Å². The molecule has 0 aromatic carbocycles. The number of rotatable bonds is 1. The zero-order chi connectivity index (χ0) is 4.12. The van der Waals surface area contributed by atoms with Crippen molar-refractivity contribution < 1.29 is 0 Å². The molecule has 0 bridgehead atoms. The summed E-state index contributed by atoms with van der Waals surface area (Å²) in [7, 11) is 0. The Morgan fingerprint density at radius 2 is 2.20 bits per heavy atom. The molecule has 0 atom stereocenters. The van der Waals surface area contributed by atoms with Crippen LogP contribution in [0.1, 0.15) is 0 Å². The van der Waals surface area contributed by atoms with Crippen molar-refractivity contribution in [1.82, 2.24) is 0 Å². The van der Waals surface area contributed by atoms with Crippen LogP contribution in [0.25, 0.3) is 0 Å². The molecule has 0 N–H and O–H groups in total. The third-order valence-electron chi connectivity index (χ3n) is 0.247. The Kier molecular flexibility index (Phi) is 4.02. The summed E-state index contributed by atoms with van der Waals surface area (Å²) in [6.45, 7) is 3.45. The average Bonchev–Trinajstić information content (AvgIpc) is 1.41. The average molecular weight is 80.1 g/mol. The van der Waals surface area contributed by atoms with E-state index in [1.807, 2.05) is 11.0 Å². The van der Waals surface area contributed by atoms with Gasteiger partial charge in [0.1, 0.15) is 0 Å². The third kappa shape index (κ3) is 4.01. The molecule has 0 aromatic rings. The van der Waals surface area contributed by atoms with Crippen molar-refractivity contribution >= 4 is 16.3 Å². The van der Waals surface area contributed by atoms with Gasteiger partial charge in [-0.15, -0.1) is 0 Å². The van der Waals surface area contributed by atoms with Crippen molar-refractivity contribution in [3.8, 4) is 0 Å². The molecule has 0 heterocycles. The SMILES string of the molecule is C=CC=[CH][Al+2]. The third-order valence-corrected chi connectivity index (χ3v) is 0.469. The molecular formula is C4H5Al+2. The van der Waals surface area contributed by atoms with E-state index < -0.39 is 0 Å². The summed E-state index contributed by atoms with van der Waals surface area (Å²) in [5.41, 5.74) is 0. The van der Waals surface area contributed by atoms with Gasteiger partial charge in [0.05, 0.1) is 0 Å². The quantitative estimate of drug-likeness (QED) is 0.323. The van der Waals surface area contributed by atoms with E-state index >= 15 is 0 Å². The standard InChI is InChI=1S/C4H5.Al/c1-3-4-2;/h1,3-4H,2H2;/q;+2. The van der Waals surface area contributed by atoms with Crippen molar-refractivity contribution in [3.05, 3.63) is 23.7 Å². The summed E-state index contributed by atoms with van der Waals surface area (Å²) in [4.78, 5) is 1.85. The first-order valence-electron chi connectivity index (χ1n) is 1.41. The minimum absolute atomic E-state index is 1.73. The normalized spacial score (nSPS) is 9.20. The molecule has 0 fully saturated rings. The molecule has 5 heavy (non-hydrogen) atoms. The summed E-state index contributed by atoms with van der Waals surface area (Å²) in [6.07, 6.45) is 3.58. The summed E-state index contributed by atoms with van der Waals surface area (Å²) >= 11 is 2.45. The Labute approximate surface area is 40.6 Å². The fourth-order valence-corrected chi connectivity index (χ4v) is 0.236. The Morgan fingerprint density at radius 3 is 2.20 bits per heavy atom. The molecule has 0 saturated heterocycles. The van der Waals surface area contributed by atoms with Crippen LogP contribution in [0.3, 0.4) is 0 Å². The minimum atomic E-state index is 1.73. The molecule has 0 spiro atoms.